The number of benzene rings is 1. The van der Waals surface area contributed by atoms with Gasteiger partial charge in [0, 0.05) is 38.8 Å². The van der Waals surface area contributed by atoms with Crippen LogP contribution in [-0.2, 0) is 0 Å². The third kappa shape index (κ3) is 3.02. The third-order valence-electron chi connectivity index (χ3n) is 5.49. The molecule has 5 nitrogen and oxygen atoms in total. The maximum absolute atomic E-state index is 4.82. The van der Waals surface area contributed by atoms with Crippen LogP contribution >= 0.6 is 22.7 Å². The van der Waals surface area contributed by atoms with E-state index in [1.54, 1.807) is 17.7 Å². The van der Waals surface area contributed by atoms with E-state index in [9.17, 15) is 0 Å². The van der Waals surface area contributed by atoms with E-state index in [2.05, 4.69) is 75.4 Å². The number of H-pyrrole nitrogens is 2. The van der Waals surface area contributed by atoms with Crippen molar-refractivity contribution in [3.63, 3.8) is 0 Å². The molecule has 0 saturated carbocycles. The number of imidazole rings is 2. The molecule has 30 heavy (non-hydrogen) atoms. The van der Waals surface area contributed by atoms with Gasteiger partial charge in [-0.1, -0.05) is 36.4 Å². The van der Waals surface area contributed by atoms with E-state index in [4.69, 9.17) is 4.98 Å². The van der Waals surface area contributed by atoms with E-state index < -0.39 is 0 Å². The fourth-order valence-electron chi connectivity index (χ4n) is 3.86. The Bertz CT molecular complexity index is 1310. The Morgan fingerprint density at radius 1 is 0.967 bits per heavy atom. The lowest BCUT2D eigenvalue weighted by atomic mass is 10.1. The zero-order valence-corrected chi connectivity index (χ0v) is 17.9. The van der Waals surface area contributed by atoms with Gasteiger partial charge in [0.15, 0.2) is 0 Å². The molecule has 1 atom stereocenters. The average molecular weight is 430 g/mol. The van der Waals surface area contributed by atoms with Gasteiger partial charge in [0.25, 0.3) is 0 Å². The van der Waals surface area contributed by atoms with Crippen LogP contribution in [-0.4, -0.2) is 38.4 Å². The zero-order valence-electron chi connectivity index (χ0n) is 16.3. The van der Waals surface area contributed by atoms with Gasteiger partial charge in [0.05, 0.1) is 28.6 Å². The quantitative estimate of drug-likeness (QED) is 0.347. The Hall–Kier alpha value is -3.00. The van der Waals surface area contributed by atoms with E-state index >= 15 is 0 Å². The summed E-state index contributed by atoms with van der Waals surface area (Å²) in [6.07, 6.45) is 10.1. The molecule has 0 bridgehead atoms. The number of rotatable bonds is 4. The molecule has 0 amide bonds. The SMILES string of the molecule is CN1CC=CC1c1nc(-c2ccc(-c3cc4sc(-c5c[nH]cn5)cc4s3)cc2)c[nH]1. The van der Waals surface area contributed by atoms with E-state index in [0.29, 0.717) is 0 Å². The molecule has 5 aromatic rings. The molecule has 1 aromatic carbocycles. The summed E-state index contributed by atoms with van der Waals surface area (Å²) in [5, 5.41) is 0. The van der Waals surface area contributed by atoms with Gasteiger partial charge in [-0.15, -0.1) is 22.7 Å². The Morgan fingerprint density at radius 2 is 1.73 bits per heavy atom. The summed E-state index contributed by atoms with van der Waals surface area (Å²) in [5.74, 6) is 0.997. The predicted octanol–water partition coefficient (Wildman–Crippen LogP) is 5.95. The van der Waals surface area contributed by atoms with E-state index in [1.807, 2.05) is 23.7 Å². The first-order chi connectivity index (χ1) is 14.7. The number of fused-ring (bicyclic) bond motifs is 1. The Morgan fingerprint density at radius 3 is 2.47 bits per heavy atom. The van der Waals surface area contributed by atoms with Crippen LogP contribution in [0.25, 0.3) is 41.7 Å². The second kappa shape index (κ2) is 7.05. The molecular formula is C23H19N5S2. The summed E-state index contributed by atoms with van der Waals surface area (Å²) < 4.78 is 2.62. The highest BCUT2D eigenvalue weighted by atomic mass is 32.1. The first-order valence-corrected chi connectivity index (χ1v) is 11.4. The van der Waals surface area contributed by atoms with Crippen molar-refractivity contribution in [2.45, 2.75) is 6.04 Å². The molecule has 0 spiro atoms. The summed E-state index contributed by atoms with van der Waals surface area (Å²) in [7, 11) is 2.12. The number of aromatic amines is 2. The molecule has 6 rings (SSSR count). The second-order valence-electron chi connectivity index (χ2n) is 7.47. The summed E-state index contributed by atoms with van der Waals surface area (Å²) >= 11 is 3.62. The average Bonchev–Trinajstić information content (AvgIpc) is 3.55. The van der Waals surface area contributed by atoms with Crippen molar-refractivity contribution in [1.29, 1.82) is 0 Å². The first kappa shape index (κ1) is 17.8. The Labute approximate surface area is 181 Å². The van der Waals surface area contributed by atoms with Gasteiger partial charge in [-0.25, -0.2) is 9.97 Å². The fraction of sp³-hybridized carbons (Fsp3) is 0.130. The lowest BCUT2D eigenvalue weighted by molar-refractivity contribution is 0.330. The van der Waals surface area contributed by atoms with Gasteiger partial charge < -0.3 is 9.97 Å². The standard InChI is InChI=1S/C23H19N5S2/c1-28-8-2-3-18(28)23-25-12-16(27-23)14-4-6-15(7-5-14)19-9-21-22(29-19)10-20(30-21)17-11-24-13-26-17/h2-7,9-13,18H,8H2,1H3,(H,24,26)(H,25,27). The zero-order chi connectivity index (χ0) is 20.1. The van der Waals surface area contributed by atoms with Crippen LogP contribution in [0.2, 0.25) is 0 Å². The summed E-state index contributed by atoms with van der Waals surface area (Å²) in [4.78, 5) is 20.3. The Kier molecular flexibility index (Phi) is 4.19. The maximum atomic E-state index is 4.82. The van der Waals surface area contributed by atoms with Crippen molar-refractivity contribution in [3.8, 4) is 32.3 Å². The minimum absolute atomic E-state index is 0.239. The topological polar surface area (TPSA) is 60.6 Å². The molecule has 7 heteroatoms. The minimum Gasteiger partial charge on any atom is -0.351 e. The van der Waals surface area contributed by atoms with Crippen LogP contribution < -0.4 is 0 Å². The molecule has 2 N–H and O–H groups in total. The summed E-state index contributed by atoms with van der Waals surface area (Å²) in [6.45, 7) is 0.969. The molecule has 0 saturated heterocycles. The molecule has 0 radical (unpaired) electrons. The monoisotopic (exact) mass is 429 g/mol. The smallest absolute Gasteiger partial charge is 0.128 e. The number of hydrogen-bond acceptors (Lipinski definition) is 5. The van der Waals surface area contributed by atoms with Gasteiger partial charge in [-0.3, -0.25) is 4.90 Å². The van der Waals surface area contributed by atoms with Crippen molar-refractivity contribution in [2.24, 2.45) is 0 Å². The molecule has 5 heterocycles. The number of thiophene rings is 2. The van der Waals surface area contributed by atoms with Crippen LogP contribution in [0.4, 0.5) is 0 Å². The lowest BCUT2D eigenvalue weighted by Gasteiger charge is -2.16. The lowest BCUT2D eigenvalue weighted by Crippen LogP contribution is -2.19. The molecule has 0 fully saturated rings. The number of likely N-dealkylation sites (N-methyl/N-ethyl adjacent to an activating group) is 1. The van der Waals surface area contributed by atoms with Gasteiger partial charge in [0.1, 0.15) is 5.82 Å². The van der Waals surface area contributed by atoms with E-state index in [-0.39, 0.29) is 6.04 Å². The van der Waals surface area contributed by atoms with Crippen molar-refractivity contribution >= 4 is 32.1 Å². The van der Waals surface area contributed by atoms with Crippen LogP contribution in [0.15, 0.2) is 67.3 Å². The van der Waals surface area contributed by atoms with Crippen molar-refractivity contribution < 1.29 is 0 Å². The Balaban J connectivity index is 1.25. The number of nitrogens with zero attached hydrogens (tertiary/aromatic N) is 3. The van der Waals surface area contributed by atoms with Crippen LogP contribution in [0.3, 0.4) is 0 Å². The number of nitrogens with one attached hydrogen (secondary N) is 2. The number of hydrogen-bond donors (Lipinski definition) is 2. The van der Waals surface area contributed by atoms with Crippen molar-refractivity contribution in [3.05, 3.63) is 73.1 Å². The molecular weight excluding hydrogens is 410 g/mol. The molecule has 1 aliphatic heterocycles. The van der Waals surface area contributed by atoms with Gasteiger partial charge >= 0.3 is 0 Å². The van der Waals surface area contributed by atoms with E-state index in [1.165, 1.54) is 24.7 Å². The van der Waals surface area contributed by atoms with Crippen LogP contribution in [0.5, 0.6) is 0 Å². The molecule has 1 unspecified atom stereocenters. The maximum Gasteiger partial charge on any atom is 0.128 e. The fourth-order valence-corrected chi connectivity index (χ4v) is 6.23. The molecule has 1 aliphatic rings. The minimum atomic E-state index is 0.239. The van der Waals surface area contributed by atoms with Crippen molar-refractivity contribution in [2.75, 3.05) is 13.6 Å². The highest BCUT2D eigenvalue weighted by Gasteiger charge is 2.20. The van der Waals surface area contributed by atoms with Crippen LogP contribution in [0.1, 0.15) is 11.9 Å². The first-order valence-electron chi connectivity index (χ1n) is 9.80. The molecule has 4 aromatic heterocycles. The predicted molar refractivity (Wildman–Crippen MR) is 125 cm³/mol. The molecule has 0 aliphatic carbocycles. The van der Waals surface area contributed by atoms with Gasteiger partial charge in [-0.05, 0) is 24.7 Å². The summed E-state index contributed by atoms with van der Waals surface area (Å²) in [6, 6.07) is 13.5. The van der Waals surface area contributed by atoms with Gasteiger partial charge in [0.2, 0.25) is 0 Å². The van der Waals surface area contributed by atoms with E-state index in [0.717, 1.165) is 29.3 Å². The summed E-state index contributed by atoms with van der Waals surface area (Å²) in [5.41, 5.74) is 4.36. The second-order valence-corrected chi connectivity index (χ2v) is 9.63. The van der Waals surface area contributed by atoms with Gasteiger partial charge in [-0.2, -0.15) is 0 Å². The van der Waals surface area contributed by atoms with Crippen LogP contribution in [0, 0.1) is 0 Å². The highest BCUT2D eigenvalue weighted by Crippen LogP contribution is 2.41. The largest absolute Gasteiger partial charge is 0.351 e. The van der Waals surface area contributed by atoms with Crippen molar-refractivity contribution in [1.82, 2.24) is 24.8 Å². The molecule has 148 valence electrons. The third-order valence-corrected chi connectivity index (χ3v) is 7.85. The number of aromatic nitrogens is 4. The normalized spacial score (nSPS) is 16.8. The highest BCUT2D eigenvalue weighted by molar-refractivity contribution is 7.31.